The highest BCUT2D eigenvalue weighted by molar-refractivity contribution is 5.52. The van der Waals surface area contributed by atoms with Crippen LogP contribution in [0.4, 0.5) is 0 Å². The van der Waals surface area contributed by atoms with Crippen LogP contribution in [0.3, 0.4) is 0 Å². The van der Waals surface area contributed by atoms with Crippen molar-refractivity contribution in [2.45, 2.75) is 0 Å². The molecule has 0 saturated heterocycles. The van der Waals surface area contributed by atoms with Gasteiger partial charge in [-0.05, 0) is 24.7 Å². The monoisotopic (exact) mass is 171 g/mol. The van der Waals surface area contributed by atoms with E-state index in [4.69, 9.17) is 6.42 Å². The first-order valence-electron chi connectivity index (χ1n) is 4.24. The third-order valence-corrected chi connectivity index (χ3v) is 1.69. The molecule has 0 aliphatic carbocycles. The molecule has 0 amide bonds. The van der Waals surface area contributed by atoms with E-state index in [1.807, 2.05) is 31.3 Å². The normalized spacial score (nSPS) is 10.2. The summed E-state index contributed by atoms with van der Waals surface area (Å²) in [5.41, 5.74) is 2.07. The second kappa shape index (κ2) is 5.18. The Morgan fingerprint density at radius 1 is 1.54 bits per heavy atom. The van der Waals surface area contributed by atoms with Gasteiger partial charge in [-0.2, -0.15) is 0 Å². The summed E-state index contributed by atoms with van der Waals surface area (Å²) in [6.45, 7) is 0.875. The Bertz CT molecular complexity index is 331. The van der Waals surface area contributed by atoms with E-state index in [1.165, 1.54) is 0 Å². The highest BCUT2D eigenvalue weighted by Crippen LogP contribution is 2.05. The van der Waals surface area contributed by atoms with Crippen molar-refractivity contribution in [1.82, 2.24) is 5.32 Å². The standard InChI is InChI=1S/C12H13N/c1-3-11-6-4-7-12(10-11)8-5-9-13-2/h1,4-8,10,13H,9H2,2H3. The van der Waals surface area contributed by atoms with Gasteiger partial charge in [0.15, 0.2) is 0 Å². The van der Waals surface area contributed by atoms with Crippen LogP contribution in [0.15, 0.2) is 30.3 Å². The molecular formula is C12H13N. The number of nitrogens with one attached hydrogen (secondary N) is 1. The summed E-state index contributed by atoms with van der Waals surface area (Å²) in [6.07, 6.45) is 9.41. The van der Waals surface area contributed by atoms with Crippen molar-refractivity contribution in [3.8, 4) is 12.3 Å². The summed E-state index contributed by atoms with van der Waals surface area (Å²) in [5.74, 6) is 2.61. The van der Waals surface area contributed by atoms with Crippen LogP contribution < -0.4 is 5.32 Å². The van der Waals surface area contributed by atoms with E-state index >= 15 is 0 Å². The largest absolute Gasteiger partial charge is 0.316 e. The summed E-state index contributed by atoms with van der Waals surface area (Å²) in [5, 5.41) is 3.04. The Kier molecular flexibility index (Phi) is 3.81. The number of likely N-dealkylation sites (N-methyl/N-ethyl adjacent to an activating group) is 1. The number of benzene rings is 1. The average Bonchev–Trinajstić information content (AvgIpc) is 2.19. The topological polar surface area (TPSA) is 12.0 Å². The van der Waals surface area contributed by atoms with Crippen molar-refractivity contribution in [3.63, 3.8) is 0 Å². The maximum absolute atomic E-state index is 5.29. The third-order valence-electron chi connectivity index (χ3n) is 1.69. The Morgan fingerprint density at radius 3 is 3.08 bits per heavy atom. The third kappa shape index (κ3) is 3.14. The number of hydrogen-bond donors (Lipinski definition) is 1. The molecule has 0 aliphatic rings. The molecule has 0 aromatic heterocycles. The molecule has 1 heteroatoms. The number of rotatable bonds is 3. The lowest BCUT2D eigenvalue weighted by Gasteiger charge is -1.94. The zero-order valence-corrected chi connectivity index (χ0v) is 7.75. The van der Waals surface area contributed by atoms with Crippen LogP contribution in [0.1, 0.15) is 11.1 Å². The van der Waals surface area contributed by atoms with Crippen LogP contribution in [0.5, 0.6) is 0 Å². The second-order valence-corrected chi connectivity index (χ2v) is 2.73. The minimum Gasteiger partial charge on any atom is -0.316 e. The molecule has 1 aromatic rings. The summed E-state index contributed by atoms with van der Waals surface area (Å²) < 4.78 is 0. The summed E-state index contributed by atoms with van der Waals surface area (Å²) in [4.78, 5) is 0. The van der Waals surface area contributed by atoms with E-state index in [1.54, 1.807) is 0 Å². The van der Waals surface area contributed by atoms with Crippen LogP contribution in [0, 0.1) is 12.3 Å². The van der Waals surface area contributed by atoms with Crippen molar-refractivity contribution >= 4 is 6.08 Å². The zero-order chi connectivity index (χ0) is 9.52. The van der Waals surface area contributed by atoms with Gasteiger partial charge in [-0.1, -0.05) is 30.2 Å². The van der Waals surface area contributed by atoms with E-state index in [9.17, 15) is 0 Å². The van der Waals surface area contributed by atoms with Gasteiger partial charge in [0, 0.05) is 12.1 Å². The molecule has 0 radical (unpaired) electrons. The average molecular weight is 171 g/mol. The van der Waals surface area contributed by atoms with Gasteiger partial charge in [0.1, 0.15) is 0 Å². The van der Waals surface area contributed by atoms with E-state index in [2.05, 4.69) is 23.4 Å². The quantitative estimate of drug-likeness (QED) is 0.685. The Labute approximate surface area is 79.5 Å². The van der Waals surface area contributed by atoms with E-state index in [0.717, 1.165) is 17.7 Å². The molecular weight excluding hydrogens is 158 g/mol. The first kappa shape index (κ1) is 9.57. The lowest BCUT2D eigenvalue weighted by molar-refractivity contribution is 0.922. The van der Waals surface area contributed by atoms with E-state index < -0.39 is 0 Å². The molecule has 0 spiro atoms. The van der Waals surface area contributed by atoms with E-state index in [0.29, 0.717) is 0 Å². The summed E-state index contributed by atoms with van der Waals surface area (Å²) >= 11 is 0. The number of terminal acetylenes is 1. The molecule has 0 heterocycles. The summed E-state index contributed by atoms with van der Waals surface area (Å²) in [7, 11) is 1.92. The van der Waals surface area contributed by atoms with Crippen molar-refractivity contribution in [2.24, 2.45) is 0 Å². The predicted molar refractivity (Wildman–Crippen MR) is 57.3 cm³/mol. The molecule has 0 aliphatic heterocycles. The van der Waals surface area contributed by atoms with Crippen LogP contribution in [-0.2, 0) is 0 Å². The lowest BCUT2D eigenvalue weighted by Crippen LogP contribution is -2.03. The van der Waals surface area contributed by atoms with Crippen molar-refractivity contribution < 1.29 is 0 Å². The zero-order valence-electron chi connectivity index (χ0n) is 7.75. The fraction of sp³-hybridized carbons (Fsp3) is 0.167. The van der Waals surface area contributed by atoms with Gasteiger partial charge in [0.05, 0.1) is 0 Å². The first-order chi connectivity index (χ1) is 6.36. The molecule has 0 unspecified atom stereocenters. The minimum atomic E-state index is 0.875. The number of hydrogen-bond acceptors (Lipinski definition) is 1. The maximum Gasteiger partial charge on any atom is 0.0248 e. The Hall–Kier alpha value is -1.52. The second-order valence-electron chi connectivity index (χ2n) is 2.73. The van der Waals surface area contributed by atoms with Crippen molar-refractivity contribution in [2.75, 3.05) is 13.6 Å². The van der Waals surface area contributed by atoms with Gasteiger partial charge >= 0.3 is 0 Å². The van der Waals surface area contributed by atoms with E-state index in [-0.39, 0.29) is 0 Å². The SMILES string of the molecule is C#Cc1cccc(C=CCNC)c1. The fourth-order valence-electron chi connectivity index (χ4n) is 1.04. The van der Waals surface area contributed by atoms with Crippen LogP contribution in [-0.4, -0.2) is 13.6 Å². The first-order valence-corrected chi connectivity index (χ1v) is 4.24. The molecule has 0 bridgehead atoms. The van der Waals surface area contributed by atoms with Crippen molar-refractivity contribution in [1.29, 1.82) is 0 Å². The van der Waals surface area contributed by atoms with Gasteiger partial charge in [0.25, 0.3) is 0 Å². The summed E-state index contributed by atoms with van der Waals surface area (Å²) in [6, 6.07) is 7.92. The minimum absolute atomic E-state index is 0.875. The Morgan fingerprint density at radius 2 is 2.38 bits per heavy atom. The van der Waals surface area contributed by atoms with Gasteiger partial charge in [-0.15, -0.1) is 6.42 Å². The fourth-order valence-corrected chi connectivity index (χ4v) is 1.04. The Balaban J connectivity index is 2.73. The highest BCUT2D eigenvalue weighted by atomic mass is 14.8. The van der Waals surface area contributed by atoms with Gasteiger partial charge in [-0.25, -0.2) is 0 Å². The molecule has 66 valence electrons. The molecule has 1 aromatic carbocycles. The lowest BCUT2D eigenvalue weighted by atomic mass is 10.1. The molecule has 0 saturated carbocycles. The highest BCUT2D eigenvalue weighted by Gasteiger charge is 1.87. The maximum atomic E-state index is 5.29. The van der Waals surface area contributed by atoms with Crippen LogP contribution >= 0.6 is 0 Å². The van der Waals surface area contributed by atoms with Gasteiger partial charge in [0.2, 0.25) is 0 Å². The molecule has 0 fully saturated rings. The van der Waals surface area contributed by atoms with Crippen molar-refractivity contribution in [3.05, 3.63) is 41.5 Å². The molecule has 1 N–H and O–H groups in total. The van der Waals surface area contributed by atoms with Crippen LogP contribution in [0.2, 0.25) is 0 Å². The predicted octanol–water partition coefficient (Wildman–Crippen LogP) is 1.90. The van der Waals surface area contributed by atoms with Gasteiger partial charge < -0.3 is 5.32 Å². The molecule has 0 atom stereocenters. The van der Waals surface area contributed by atoms with Crippen LogP contribution in [0.25, 0.3) is 6.08 Å². The molecule has 13 heavy (non-hydrogen) atoms. The smallest absolute Gasteiger partial charge is 0.0248 e. The molecule has 1 rings (SSSR count). The molecule has 1 nitrogen and oxygen atoms in total. The van der Waals surface area contributed by atoms with Gasteiger partial charge in [-0.3, -0.25) is 0 Å².